The Hall–Kier alpha value is -2.22. The maximum atomic E-state index is 12.7. The number of piperidine rings is 1. The summed E-state index contributed by atoms with van der Waals surface area (Å²) < 4.78 is 7.28. The smallest absolute Gasteiger partial charge is 0.233 e. The van der Waals surface area contributed by atoms with Gasteiger partial charge in [0.05, 0.1) is 5.75 Å². The quantitative estimate of drug-likeness (QED) is 0.560. The standard InChI is InChI=1S/C22H31N5O2S/c1-15-7-8-19(16(2)11-15)29-13-20-24-25-22(27(20)23)30-14-21(28)26-10-9-17-5-3-4-6-18(17)12-26/h7-8,11,17-18H,3-6,9-10,12-14,23H2,1-2H3/t17-,18+/m0/s1. The van der Waals surface area contributed by atoms with E-state index in [9.17, 15) is 4.79 Å². The van der Waals surface area contributed by atoms with E-state index in [0.717, 1.165) is 36.7 Å². The van der Waals surface area contributed by atoms with E-state index in [-0.39, 0.29) is 12.5 Å². The molecule has 2 fully saturated rings. The normalized spacial score (nSPS) is 21.3. The molecule has 2 N–H and O–H groups in total. The average molecular weight is 430 g/mol. The van der Waals surface area contributed by atoms with Crippen molar-refractivity contribution in [3.8, 4) is 5.75 Å². The predicted molar refractivity (Wildman–Crippen MR) is 118 cm³/mol. The minimum Gasteiger partial charge on any atom is -0.485 e. The zero-order valence-corrected chi connectivity index (χ0v) is 18.7. The number of nitrogen functional groups attached to an aromatic ring is 1. The third-order valence-electron chi connectivity index (χ3n) is 6.39. The van der Waals surface area contributed by atoms with Crippen molar-refractivity contribution in [3.05, 3.63) is 35.2 Å². The van der Waals surface area contributed by atoms with E-state index in [1.807, 2.05) is 24.0 Å². The summed E-state index contributed by atoms with van der Waals surface area (Å²) in [6.07, 6.45) is 6.41. The third kappa shape index (κ3) is 4.74. The largest absolute Gasteiger partial charge is 0.485 e. The van der Waals surface area contributed by atoms with E-state index in [1.54, 1.807) is 0 Å². The summed E-state index contributed by atoms with van der Waals surface area (Å²) >= 11 is 1.34. The van der Waals surface area contributed by atoms with Gasteiger partial charge in [0, 0.05) is 13.1 Å². The lowest BCUT2D eigenvalue weighted by Gasteiger charge is -2.41. The van der Waals surface area contributed by atoms with Gasteiger partial charge in [0.2, 0.25) is 11.1 Å². The second-order valence-corrected chi connectivity index (χ2v) is 9.49. The molecule has 1 aromatic carbocycles. The molecule has 0 bridgehead atoms. The third-order valence-corrected chi connectivity index (χ3v) is 7.32. The van der Waals surface area contributed by atoms with Crippen LogP contribution >= 0.6 is 11.8 Å². The summed E-state index contributed by atoms with van der Waals surface area (Å²) in [7, 11) is 0. The van der Waals surface area contributed by atoms with Crippen molar-refractivity contribution >= 4 is 17.7 Å². The number of fused-ring (bicyclic) bond motifs is 1. The van der Waals surface area contributed by atoms with Crippen LogP contribution in [0.3, 0.4) is 0 Å². The van der Waals surface area contributed by atoms with Gasteiger partial charge in [0.15, 0.2) is 5.82 Å². The molecule has 2 aliphatic rings. The van der Waals surface area contributed by atoms with Crippen molar-refractivity contribution in [2.75, 3.05) is 24.7 Å². The van der Waals surface area contributed by atoms with Crippen LogP contribution in [0.25, 0.3) is 0 Å². The SMILES string of the molecule is Cc1ccc(OCc2nnc(SCC(=O)N3CC[C@@H]4CCCC[C@@H]4C3)n2N)c(C)c1. The number of thioether (sulfide) groups is 1. The van der Waals surface area contributed by atoms with Crippen LogP contribution in [0.5, 0.6) is 5.75 Å². The Bertz CT molecular complexity index is 900. The number of rotatable bonds is 6. The van der Waals surface area contributed by atoms with Crippen molar-refractivity contribution < 1.29 is 9.53 Å². The number of likely N-dealkylation sites (tertiary alicyclic amines) is 1. The monoisotopic (exact) mass is 429 g/mol. The molecule has 30 heavy (non-hydrogen) atoms. The highest BCUT2D eigenvalue weighted by atomic mass is 32.2. The number of benzene rings is 1. The molecule has 1 aliphatic heterocycles. The first-order valence-electron chi connectivity index (χ1n) is 10.8. The van der Waals surface area contributed by atoms with Gasteiger partial charge >= 0.3 is 0 Å². The van der Waals surface area contributed by atoms with Crippen LogP contribution in [0, 0.1) is 25.7 Å². The predicted octanol–water partition coefficient (Wildman–Crippen LogP) is 3.32. The van der Waals surface area contributed by atoms with Crippen molar-refractivity contribution in [3.63, 3.8) is 0 Å². The van der Waals surface area contributed by atoms with Gasteiger partial charge in [0.1, 0.15) is 12.4 Å². The summed E-state index contributed by atoms with van der Waals surface area (Å²) in [6, 6.07) is 6.04. The number of aromatic nitrogens is 3. The van der Waals surface area contributed by atoms with Crippen LogP contribution in [-0.2, 0) is 11.4 Å². The molecule has 1 aliphatic carbocycles. The Kier molecular flexibility index (Phi) is 6.51. The highest BCUT2D eigenvalue weighted by Gasteiger charge is 2.32. The first kappa shape index (κ1) is 21.0. The summed E-state index contributed by atoms with van der Waals surface area (Å²) in [5.74, 6) is 9.50. The number of nitrogens with zero attached hydrogens (tertiary/aromatic N) is 4. The summed E-state index contributed by atoms with van der Waals surface area (Å²) in [5.41, 5.74) is 2.26. The van der Waals surface area contributed by atoms with Crippen LogP contribution in [0.15, 0.2) is 23.4 Å². The highest BCUT2D eigenvalue weighted by Crippen LogP contribution is 2.36. The first-order chi connectivity index (χ1) is 14.5. The molecule has 0 radical (unpaired) electrons. The van der Waals surface area contributed by atoms with Crippen molar-refractivity contribution in [1.29, 1.82) is 0 Å². The number of carbonyl (C=O) groups excluding carboxylic acids is 1. The van der Waals surface area contributed by atoms with Crippen LogP contribution in [-0.4, -0.2) is 44.5 Å². The molecular formula is C22H31N5O2S. The molecule has 1 aromatic heterocycles. The number of aryl methyl sites for hydroxylation is 2. The minimum atomic E-state index is 0.167. The van der Waals surface area contributed by atoms with Crippen LogP contribution < -0.4 is 10.6 Å². The van der Waals surface area contributed by atoms with Crippen molar-refractivity contribution in [1.82, 2.24) is 19.8 Å². The highest BCUT2D eigenvalue weighted by molar-refractivity contribution is 7.99. The molecule has 162 valence electrons. The van der Waals surface area contributed by atoms with E-state index in [1.165, 1.54) is 47.7 Å². The number of hydrogen-bond acceptors (Lipinski definition) is 6. The van der Waals surface area contributed by atoms with Gasteiger partial charge < -0.3 is 15.5 Å². The van der Waals surface area contributed by atoms with Gasteiger partial charge in [-0.2, -0.15) is 0 Å². The fourth-order valence-electron chi connectivity index (χ4n) is 4.65. The molecule has 0 spiro atoms. The van der Waals surface area contributed by atoms with Gasteiger partial charge in [-0.25, -0.2) is 4.68 Å². The molecule has 1 amide bonds. The molecule has 2 aromatic rings. The first-order valence-corrected chi connectivity index (χ1v) is 11.8. The lowest BCUT2D eigenvalue weighted by Crippen LogP contribution is -2.45. The molecule has 8 heteroatoms. The topological polar surface area (TPSA) is 86.3 Å². The van der Waals surface area contributed by atoms with Gasteiger partial charge in [-0.1, -0.05) is 48.7 Å². The Morgan fingerprint density at radius 2 is 2.00 bits per heavy atom. The molecule has 1 saturated heterocycles. The Morgan fingerprint density at radius 1 is 1.20 bits per heavy atom. The van der Waals surface area contributed by atoms with E-state index in [2.05, 4.69) is 23.2 Å². The fourth-order valence-corrected chi connectivity index (χ4v) is 5.43. The lowest BCUT2D eigenvalue weighted by atomic mass is 9.75. The van der Waals surface area contributed by atoms with Crippen LogP contribution in [0.2, 0.25) is 0 Å². The molecule has 1 saturated carbocycles. The Labute approximate surface area is 182 Å². The Balaban J connectivity index is 1.29. The van der Waals surface area contributed by atoms with Crippen molar-refractivity contribution in [2.24, 2.45) is 11.8 Å². The minimum absolute atomic E-state index is 0.167. The summed E-state index contributed by atoms with van der Waals surface area (Å²) in [6.45, 7) is 6.09. The summed E-state index contributed by atoms with van der Waals surface area (Å²) in [5, 5.41) is 8.82. The van der Waals surface area contributed by atoms with Gasteiger partial charge in [-0.3, -0.25) is 4.79 Å². The average Bonchev–Trinajstić information content (AvgIpc) is 3.10. The number of hydrogen-bond donors (Lipinski definition) is 1. The molecular weight excluding hydrogens is 398 g/mol. The lowest BCUT2D eigenvalue weighted by molar-refractivity contribution is -0.131. The van der Waals surface area contributed by atoms with E-state index in [0.29, 0.717) is 22.7 Å². The van der Waals surface area contributed by atoms with Gasteiger partial charge in [0.25, 0.3) is 0 Å². The Morgan fingerprint density at radius 3 is 2.80 bits per heavy atom. The van der Waals surface area contributed by atoms with Crippen LogP contribution in [0.4, 0.5) is 0 Å². The zero-order chi connectivity index (χ0) is 21.1. The number of ether oxygens (including phenoxy) is 1. The second kappa shape index (κ2) is 9.29. The molecule has 7 nitrogen and oxygen atoms in total. The van der Waals surface area contributed by atoms with Crippen LogP contribution in [0.1, 0.15) is 49.1 Å². The van der Waals surface area contributed by atoms with Crippen molar-refractivity contribution in [2.45, 2.75) is 57.7 Å². The van der Waals surface area contributed by atoms with E-state index >= 15 is 0 Å². The fraction of sp³-hybridized carbons (Fsp3) is 0.591. The maximum absolute atomic E-state index is 12.7. The molecule has 4 rings (SSSR count). The van der Waals surface area contributed by atoms with Gasteiger partial charge in [-0.05, 0) is 50.2 Å². The number of nitrogens with two attached hydrogens (primary N) is 1. The zero-order valence-electron chi connectivity index (χ0n) is 17.8. The van der Waals surface area contributed by atoms with E-state index < -0.39 is 0 Å². The maximum Gasteiger partial charge on any atom is 0.233 e. The molecule has 2 atom stereocenters. The van der Waals surface area contributed by atoms with Gasteiger partial charge in [-0.15, -0.1) is 10.2 Å². The summed E-state index contributed by atoms with van der Waals surface area (Å²) in [4.78, 5) is 14.8. The number of amides is 1. The molecule has 0 unspecified atom stereocenters. The molecule has 2 heterocycles. The van der Waals surface area contributed by atoms with E-state index in [4.69, 9.17) is 10.6 Å². The second-order valence-electron chi connectivity index (χ2n) is 8.55. The number of carbonyl (C=O) groups is 1.